The summed E-state index contributed by atoms with van der Waals surface area (Å²) in [5.41, 5.74) is 0. The molecule has 0 spiro atoms. The zero-order valence-electron chi connectivity index (χ0n) is 20.0. The van der Waals surface area contributed by atoms with Gasteiger partial charge in [-0.2, -0.15) is 0 Å². The highest BCUT2D eigenvalue weighted by Crippen LogP contribution is 2.14. The fraction of sp³-hybridized carbons (Fsp3) is 0.870. The van der Waals surface area contributed by atoms with Gasteiger partial charge >= 0.3 is 0 Å². The Morgan fingerprint density at radius 3 is 2.17 bits per heavy atom. The molecule has 174 valence electrons. The molecule has 1 atom stereocenters. The van der Waals surface area contributed by atoms with Crippen molar-refractivity contribution in [1.82, 2.24) is 19.6 Å². The van der Waals surface area contributed by atoms with Crippen molar-refractivity contribution in [3.05, 3.63) is 0 Å². The maximum absolute atomic E-state index is 13.0. The quantitative estimate of drug-likeness (QED) is 0.299. The number of hydrogen-bond donors (Lipinski definition) is 0. The average Bonchev–Trinajstić information content (AvgIpc) is 2.70. The minimum atomic E-state index is -0.0546. The number of rotatable bonds is 15. The number of likely N-dealkylation sites (tertiary alicyclic amines) is 1. The lowest BCUT2D eigenvalue weighted by molar-refractivity contribution is -0.148. The summed E-state index contributed by atoms with van der Waals surface area (Å²) in [4.78, 5) is 44.8. The summed E-state index contributed by atoms with van der Waals surface area (Å²) in [6.45, 7) is 10.6. The van der Waals surface area contributed by atoms with E-state index in [2.05, 4.69) is 44.7 Å². The highest BCUT2D eigenvalue weighted by atomic mass is 16.2. The summed E-state index contributed by atoms with van der Waals surface area (Å²) in [6.07, 6.45) is 6.53. The number of piperidine rings is 1. The van der Waals surface area contributed by atoms with Gasteiger partial charge in [-0.3, -0.25) is 24.2 Å². The predicted molar refractivity (Wildman–Crippen MR) is 121 cm³/mol. The molecule has 0 saturated carbocycles. The Bertz CT molecular complexity index is 523. The molecule has 1 heterocycles. The predicted octanol–water partition coefficient (Wildman–Crippen LogP) is 2.60. The van der Waals surface area contributed by atoms with Crippen molar-refractivity contribution in [2.75, 3.05) is 53.4 Å². The summed E-state index contributed by atoms with van der Waals surface area (Å²) < 4.78 is 0. The molecule has 7 heteroatoms. The summed E-state index contributed by atoms with van der Waals surface area (Å²) in [6, 6.07) is 0.142. The Morgan fingerprint density at radius 2 is 1.60 bits per heavy atom. The summed E-state index contributed by atoms with van der Waals surface area (Å²) in [5, 5.41) is 0. The van der Waals surface area contributed by atoms with E-state index in [9.17, 15) is 14.4 Å². The molecule has 0 aliphatic carbocycles. The largest absolute Gasteiger partial charge is 0.342 e. The van der Waals surface area contributed by atoms with Crippen LogP contribution in [0.4, 0.5) is 0 Å². The second-order valence-electron chi connectivity index (χ2n) is 8.74. The van der Waals surface area contributed by atoms with E-state index in [1.807, 2.05) is 4.90 Å². The Hall–Kier alpha value is -1.47. The number of nitrogens with zero attached hydrogens (tertiary/aromatic N) is 4. The molecule has 0 aromatic carbocycles. The van der Waals surface area contributed by atoms with E-state index >= 15 is 0 Å². The Kier molecular flexibility index (Phi) is 12.9. The van der Waals surface area contributed by atoms with Crippen molar-refractivity contribution in [3.8, 4) is 0 Å². The lowest BCUT2D eigenvalue weighted by Crippen LogP contribution is -2.46. The van der Waals surface area contributed by atoms with Crippen LogP contribution >= 0.6 is 0 Å². The van der Waals surface area contributed by atoms with E-state index in [4.69, 9.17) is 0 Å². The molecular weight excluding hydrogens is 380 g/mol. The second-order valence-corrected chi connectivity index (χ2v) is 8.74. The van der Waals surface area contributed by atoms with Crippen LogP contribution in [0.25, 0.3) is 0 Å². The van der Waals surface area contributed by atoms with Crippen molar-refractivity contribution >= 4 is 17.7 Å². The van der Waals surface area contributed by atoms with Gasteiger partial charge in [-0.1, -0.05) is 20.3 Å². The van der Waals surface area contributed by atoms with Crippen LogP contribution in [0.15, 0.2) is 0 Å². The molecule has 7 nitrogen and oxygen atoms in total. The third-order valence-corrected chi connectivity index (χ3v) is 5.94. The van der Waals surface area contributed by atoms with E-state index in [-0.39, 0.29) is 23.8 Å². The van der Waals surface area contributed by atoms with Gasteiger partial charge in [-0.25, -0.2) is 0 Å². The van der Waals surface area contributed by atoms with E-state index in [1.54, 1.807) is 0 Å². The molecule has 3 amide bonds. The zero-order valence-corrected chi connectivity index (χ0v) is 20.0. The number of likely N-dealkylation sites (N-methyl/N-ethyl adjacent to an activating group) is 1. The first-order valence-corrected chi connectivity index (χ1v) is 11.8. The molecule has 0 N–H and O–H groups in total. The van der Waals surface area contributed by atoms with Gasteiger partial charge in [0.1, 0.15) is 0 Å². The van der Waals surface area contributed by atoms with Crippen LogP contribution in [0.1, 0.15) is 72.1 Å². The van der Waals surface area contributed by atoms with Crippen molar-refractivity contribution < 1.29 is 14.4 Å². The van der Waals surface area contributed by atoms with Crippen LogP contribution in [0, 0.1) is 0 Å². The minimum absolute atomic E-state index is 0.0546. The maximum Gasteiger partial charge on any atom is 0.236 e. The van der Waals surface area contributed by atoms with E-state index < -0.39 is 0 Å². The number of imide groups is 1. The lowest BCUT2D eigenvalue weighted by atomic mass is 10.1. The van der Waals surface area contributed by atoms with Gasteiger partial charge in [0.05, 0.1) is 6.54 Å². The summed E-state index contributed by atoms with van der Waals surface area (Å²) in [5.74, 6) is 0.0780. The van der Waals surface area contributed by atoms with Gasteiger partial charge in [-0.15, -0.1) is 0 Å². The zero-order chi connectivity index (χ0) is 22.5. The Balaban J connectivity index is 2.56. The van der Waals surface area contributed by atoms with Crippen LogP contribution < -0.4 is 0 Å². The molecule has 0 aromatic heterocycles. The molecule has 1 saturated heterocycles. The molecule has 1 aliphatic heterocycles. The molecule has 1 rings (SSSR count). The van der Waals surface area contributed by atoms with Crippen molar-refractivity contribution in [2.45, 2.75) is 78.2 Å². The first-order chi connectivity index (χ1) is 14.3. The number of carbonyl (C=O) groups excluding carboxylic acids is 3. The fourth-order valence-corrected chi connectivity index (χ4v) is 3.84. The topological polar surface area (TPSA) is 64.2 Å². The van der Waals surface area contributed by atoms with Gasteiger partial charge in [0, 0.05) is 38.5 Å². The number of amides is 3. The van der Waals surface area contributed by atoms with Crippen LogP contribution in [-0.4, -0.2) is 96.7 Å². The fourth-order valence-electron chi connectivity index (χ4n) is 3.84. The van der Waals surface area contributed by atoms with Gasteiger partial charge < -0.3 is 9.80 Å². The maximum atomic E-state index is 13.0. The van der Waals surface area contributed by atoms with Crippen LogP contribution in [0.3, 0.4) is 0 Å². The first kappa shape index (κ1) is 26.6. The van der Waals surface area contributed by atoms with E-state index in [0.717, 1.165) is 51.9 Å². The van der Waals surface area contributed by atoms with Gasteiger partial charge in [0.25, 0.3) is 0 Å². The second kappa shape index (κ2) is 14.5. The normalized spacial score (nSPS) is 15.9. The van der Waals surface area contributed by atoms with Crippen LogP contribution in [-0.2, 0) is 14.4 Å². The third kappa shape index (κ3) is 9.56. The van der Waals surface area contributed by atoms with Gasteiger partial charge in [0.15, 0.2) is 0 Å². The highest BCUT2D eigenvalue weighted by Gasteiger charge is 2.27. The SMILES string of the molecule is CCCCN(CCCCN(C)C)C(=O)CN(CC)[C@H](C)CCN1C(=O)CCCC1=O. The van der Waals surface area contributed by atoms with Crippen molar-refractivity contribution in [3.63, 3.8) is 0 Å². The molecule has 30 heavy (non-hydrogen) atoms. The van der Waals surface area contributed by atoms with Gasteiger partial charge in [-0.05, 0) is 66.2 Å². The molecule has 0 aromatic rings. The number of unbranched alkanes of at least 4 members (excludes halogenated alkanes) is 2. The van der Waals surface area contributed by atoms with Crippen molar-refractivity contribution in [2.24, 2.45) is 0 Å². The van der Waals surface area contributed by atoms with E-state index in [0.29, 0.717) is 38.8 Å². The summed E-state index contributed by atoms with van der Waals surface area (Å²) in [7, 11) is 4.15. The number of hydrogen-bond acceptors (Lipinski definition) is 5. The molecular formula is C23H44N4O3. The highest BCUT2D eigenvalue weighted by molar-refractivity contribution is 5.97. The first-order valence-electron chi connectivity index (χ1n) is 11.8. The van der Waals surface area contributed by atoms with Gasteiger partial charge in [0.2, 0.25) is 17.7 Å². The van der Waals surface area contributed by atoms with Crippen LogP contribution in [0.5, 0.6) is 0 Å². The third-order valence-electron chi connectivity index (χ3n) is 5.94. The van der Waals surface area contributed by atoms with Crippen LogP contribution in [0.2, 0.25) is 0 Å². The molecule has 1 fully saturated rings. The standard InChI is InChI=1S/C23H44N4O3/c1-6-8-16-26(17-10-9-15-24(4)5)23(30)19-25(7-2)20(3)14-18-27-21(28)12-11-13-22(27)29/h20H,6-19H2,1-5H3/t20-/m1/s1. The molecule has 1 aliphatic rings. The average molecular weight is 425 g/mol. The molecule has 0 unspecified atom stereocenters. The number of carbonyl (C=O) groups is 3. The summed E-state index contributed by atoms with van der Waals surface area (Å²) >= 11 is 0. The molecule has 0 radical (unpaired) electrons. The lowest BCUT2D eigenvalue weighted by Gasteiger charge is -2.32. The smallest absolute Gasteiger partial charge is 0.236 e. The molecule has 0 bridgehead atoms. The Labute approximate surface area is 183 Å². The minimum Gasteiger partial charge on any atom is -0.342 e. The van der Waals surface area contributed by atoms with Crippen molar-refractivity contribution in [1.29, 1.82) is 0 Å². The Morgan fingerprint density at radius 1 is 1.00 bits per heavy atom. The van der Waals surface area contributed by atoms with E-state index in [1.165, 1.54) is 4.90 Å². The monoisotopic (exact) mass is 424 g/mol.